The van der Waals surface area contributed by atoms with Gasteiger partial charge in [0.05, 0.1) is 0 Å². The van der Waals surface area contributed by atoms with Crippen molar-refractivity contribution in [3.05, 3.63) is 41.0 Å². The van der Waals surface area contributed by atoms with Crippen LogP contribution in [-0.2, 0) is 0 Å². The molecule has 1 aromatic carbocycles. The predicted octanol–water partition coefficient (Wildman–Crippen LogP) is 2.43. The van der Waals surface area contributed by atoms with Gasteiger partial charge in [0.1, 0.15) is 10.7 Å². The lowest BCUT2D eigenvalue weighted by Gasteiger charge is -1.95. The standard InChI is InChI=1S/C12H7FN4O2S/c13-7-3-1-6(2-4-7)9-5-8(10(20-9)12(18)19)11-14-16-17-15-11/h1-5H,(H,18,19)(H,14,15,16,17). The van der Waals surface area contributed by atoms with Gasteiger partial charge >= 0.3 is 5.97 Å². The second kappa shape index (κ2) is 4.82. The number of nitrogens with zero attached hydrogens (tertiary/aromatic N) is 3. The van der Waals surface area contributed by atoms with Gasteiger partial charge in [0.15, 0.2) is 5.82 Å². The molecule has 0 bridgehead atoms. The highest BCUT2D eigenvalue weighted by Crippen LogP contribution is 2.35. The van der Waals surface area contributed by atoms with Gasteiger partial charge in [-0.3, -0.25) is 0 Å². The van der Waals surface area contributed by atoms with Gasteiger partial charge in [-0.2, -0.15) is 0 Å². The van der Waals surface area contributed by atoms with Crippen molar-refractivity contribution < 1.29 is 14.3 Å². The number of halogens is 1. The van der Waals surface area contributed by atoms with Crippen LogP contribution in [0.15, 0.2) is 30.3 Å². The molecular weight excluding hydrogens is 283 g/mol. The largest absolute Gasteiger partial charge is 0.477 e. The molecule has 2 N–H and O–H groups in total. The van der Waals surface area contributed by atoms with E-state index < -0.39 is 5.97 Å². The first-order valence-corrected chi connectivity index (χ1v) is 6.34. The highest BCUT2D eigenvalue weighted by atomic mass is 32.1. The number of carboxylic acid groups (broad SMARTS) is 1. The zero-order valence-corrected chi connectivity index (χ0v) is 10.7. The van der Waals surface area contributed by atoms with Crippen LogP contribution in [0.5, 0.6) is 0 Å². The van der Waals surface area contributed by atoms with Gasteiger partial charge in [0, 0.05) is 10.4 Å². The van der Waals surface area contributed by atoms with Crippen LogP contribution < -0.4 is 0 Å². The molecule has 3 rings (SSSR count). The number of aromatic amines is 1. The first-order valence-electron chi connectivity index (χ1n) is 5.52. The van der Waals surface area contributed by atoms with Crippen molar-refractivity contribution >= 4 is 17.3 Å². The van der Waals surface area contributed by atoms with Crippen LogP contribution in [0.1, 0.15) is 9.67 Å². The molecule has 0 atom stereocenters. The Morgan fingerprint density at radius 2 is 2.05 bits per heavy atom. The van der Waals surface area contributed by atoms with Crippen LogP contribution in [0.2, 0.25) is 0 Å². The van der Waals surface area contributed by atoms with Crippen molar-refractivity contribution in [2.75, 3.05) is 0 Å². The number of hydrogen-bond acceptors (Lipinski definition) is 5. The quantitative estimate of drug-likeness (QED) is 0.773. The maximum atomic E-state index is 12.9. The fourth-order valence-electron chi connectivity index (χ4n) is 1.76. The second-order valence-corrected chi connectivity index (χ2v) is 4.97. The number of thiophene rings is 1. The van der Waals surface area contributed by atoms with E-state index in [2.05, 4.69) is 20.6 Å². The van der Waals surface area contributed by atoms with E-state index in [0.29, 0.717) is 10.4 Å². The summed E-state index contributed by atoms with van der Waals surface area (Å²) in [5.41, 5.74) is 1.14. The van der Waals surface area contributed by atoms with Gasteiger partial charge in [-0.25, -0.2) is 14.3 Å². The lowest BCUT2D eigenvalue weighted by molar-refractivity contribution is 0.0703. The van der Waals surface area contributed by atoms with Crippen LogP contribution >= 0.6 is 11.3 Å². The van der Waals surface area contributed by atoms with Crippen molar-refractivity contribution in [1.82, 2.24) is 20.6 Å². The van der Waals surface area contributed by atoms with E-state index in [4.69, 9.17) is 0 Å². The van der Waals surface area contributed by atoms with E-state index in [1.165, 1.54) is 12.1 Å². The molecule has 3 aromatic rings. The van der Waals surface area contributed by atoms with Crippen LogP contribution in [0.25, 0.3) is 21.8 Å². The first kappa shape index (κ1) is 12.4. The molecule has 0 aliphatic carbocycles. The molecule has 0 spiro atoms. The van der Waals surface area contributed by atoms with Crippen LogP contribution in [0, 0.1) is 5.82 Å². The molecular formula is C12H7FN4O2S. The van der Waals surface area contributed by atoms with Crippen LogP contribution in [0.3, 0.4) is 0 Å². The van der Waals surface area contributed by atoms with E-state index in [9.17, 15) is 14.3 Å². The van der Waals surface area contributed by atoms with Gasteiger partial charge < -0.3 is 5.11 Å². The number of benzene rings is 1. The van der Waals surface area contributed by atoms with E-state index in [1.807, 2.05) is 0 Å². The molecule has 20 heavy (non-hydrogen) atoms. The van der Waals surface area contributed by atoms with Crippen LogP contribution in [0.4, 0.5) is 4.39 Å². The summed E-state index contributed by atoms with van der Waals surface area (Å²) < 4.78 is 12.9. The minimum atomic E-state index is -1.06. The van der Waals surface area contributed by atoms with E-state index in [0.717, 1.165) is 16.9 Å². The molecule has 2 heterocycles. The normalized spacial score (nSPS) is 10.7. The molecule has 0 saturated heterocycles. The number of tetrazole rings is 1. The summed E-state index contributed by atoms with van der Waals surface area (Å²) in [6.07, 6.45) is 0. The lowest BCUT2D eigenvalue weighted by atomic mass is 10.1. The van der Waals surface area contributed by atoms with Gasteiger partial charge in [-0.1, -0.05) is 12.1 Å². The summed E-state index contributed by atoms with van der Waals surface area (Å²) in [5, 5.41) is 22.4. The minimum absolute atomic E-state index is 0.128. The number of hydrogen-bond donors (Lipinski definition) is 2. The first-order chi connectivity index (χ1) is 9.65. The molecule has 0 aliphatic heterocycles. The SMILES string of the molecule is O=C(O)c1sc(-c2ccc(F)cc2)cc1-c1nnn[nH]1. The average molecular weight is 290 g/mol. The third kappa shape index (κ3) is 2.16. The maximum absolute atomic E-state index is 12.9. The van der Waals surface area contributed by atoms with Crippen molar-refractivity contribution in [3.8, 4) is 21.8 Å². The Balaban J connectivity index is 2.12. The fraction of sp³-hybridized carbons (Fsp3) is 0. The Hall–Kier alpha value is -2.61. The Kier molecular flexibility index (Phi) is 2.99. The zero-order valence-electron chi connectivity index (χ0n) is 9.87. The monoisotopic (exact) mass is 290 g/mol. The lowest BCUT2D eigenvalue weighted by Crippen LogP contribution is -1.95. The average Bonchev–Trinajstić information content (AvgIpc) is 3.08. The van der Waals surface area contributed by atoms with Crippen molar-refractivity contribution in [2.24, 2.45) is 0 Å². The van der Waals surface area contributed by atoms with E-state index in [1.54, 1.807) is 18.2 Å². The number of rotatable bonds is 3. The number of aromatic carboxylic acids is 1. The van der Waals surface area contributed by atoms with Crippen molar-refractivity contribution in [1.29, 1.82) is 0 Å². The number of aromatic nitrogens is 4. The van der Waals surface area contributed by atoms with Gasteiger partial charge in [0.2, 0.25) is 0 Å². The molecule has 0 saturated carbocycles. The summed E-state index contributed by atoms with van der Waals surface area (Å²) in [7, 11) is 0. The summed E-state index contributed by atoms with van der Waals surface area (Å²) in [4.78, 5) is 12.1. The second-order valence-electron chi connectivity index (χ2n) is 3.92. The number of H-pyrrole nitrogens is 1. The topological polar surface area (TPSA) is 91.8 Å². The highest BCUT2D eigenvalue weighted by molar-refractivity contribution is 7.17. The molecule has 2 aromatic heterocycles. The number of nitrogens with one attached hydrogen (secondary N) is 1. The molecule has 0 unspecified atom stereocenters. The Morgan fingerprint density at radius 3 is 2.65 bits per heavy atom. The Morgan fingerprint density at radius 1 is 1.30 bits per heavy atom. The Labute approximate surface area is 115 Å². The molecule has 6 nitrogen and oxygen atoms in total. The summed E-state index contributed by atoms with van der Waals surface area (Å²) in [5.74, 6) is -1.12. The van der Waals surface area contributed by atoms with Gasteiger partial charge in [-0.05, 0) is 34.2 Å². The summed E-state index contributed by atoms with van der Waals surface area (Å²) in [6, 6.07) is 7.50. The molecule has 0 fully saturated rings. The van der Waals surface area contributed by atoms with Gasteiger partial charge in [0.25, 0.3) is 0 Å². The minimum Gasteiger partial charge on any atom is -0.477 e. The van der Waals surface area contributed by atoms with E-state index in [-0.39, 0.29) is 16.5 Å². The molecule has 0 radical (unpaired) electrons. The molecule has 100 valence electrons. The highest BCUT2D eigenvalue weighted by Gasteiger charge is 2.19. The summed E-state index contributed by atoms with van der Waals surface area (Å²) >= 11 is 1.09. The van der Waals surface area contributed by atoms with Crippen LogP contribution in [-0.4, -0.2) is 31.7 Å². The number of carboxylic acids is 1. The smallest absolute Gasteiger partial charge is 0.346 e. The summed E-state index contributed by atoms with van der Waals surface area (Å²) in [6.45, 7) is 0. The zero-order chi connectivity index (χ0) is 14.1. The molecule has 0 amide bonds. The number of carbonyl (C=O) groups is 1. The molecule has 0 aliphatic rings. The Bertz CT molecular complexity index is 752. The maximum Gasteiger partial charge on any atom is 0.346 e. The fourth-order valence-corrected chi connectivity index (χ4v) is 2.76. The van der Waals surface area contributed by atoms with Crippen molar-refractivity contribution in [3.63, 3.8) is 0 Å². The third-order valence-electron chi connectivity index (χ3n) is 2.66. The third-order valence-corrected chi connectivity index (χ3v) is 3.83. The van der Waals surface area contributed by atoms with Gasteiger partial charge in [-0.15, -0.1) is 16.4 Å². The van der Waals surface area contributed by atoms with Crippen molar-refractivity contribution in [2.45, 2.75) is 0 Å². The molecule has 8 heteroatoms. The van der Waals surface area contributed by atoms with E-state index >= 15 is 0 Å². The predicted molar refractivity (Wildman–Crippen MR) is 69.8 cm³/mol.